The lowest BCUT2D eigenvalue weighted by molar-refractivity contribution is -0.139. The zero-order valence-corrected chi connectivity index (χ0v) is 19.0. The zero-order valence-electron chi connectivity index (χ0n) is 19.0. The number of amides is 4. The highest BCUT2D eigenvalue weighted by Gasteiger charge is 2.30. The van der Waals surface area contributed by atoms with Crippen molar-refractivity contribution in [1.82, 2.24) is 20.9 Å². The molecule has 0 bridgehead atoms. The second-order valence-corrected chi connectivity index (χ2v) is 8.24. The third-order valence-electron chi connectivity index (χ3n) is 5.15. The highest BCUT2D eigenvalue weighted by molar-refractivity contribution is 5.95. The largest absolute Gasteiger partial charge is 0.480 e. The molecule has 3 unspecified atom stereocenters. The number of para-hydroxylation sites is 1. The van der Waals surface area contributed by atoms with Gasteiger partial charge in [0.2, 0.25) is 23.6 Å². The third-order valence-corrected chi connectivity index (χ3v) is 5.15. The molecule has 12 heteroatoms. The van der Waals surface area contributed by atoms with Gasteiger partial charge in [-0.2, -0.15) is 0 Å². The van der Waals surface area contributed by atoms with Crippen LogP contribution in [0.3, 0.4) is 0 Å². The molecule has 34 heavy (non-hydrogen) atoms. The molecule has 0 aliphatic heterocycles. The number of nitrogens with one attached hydrogen (secondary N) is 4. The molecule has 1 aromatic heterocycles. The minimum atomic E-state index is -1.25. The van der Waals surface area contributed by atoms with E-state index in [0.717, 1.165) is 16.5 Å². The number of primary amides is 1. The van der Waals surface area contributed by atoms with Crippen molar-refractivity contribution in [3.8, 4) is 0 Å². The summed E-state index contributed by atoms with van der Waals surface area (Å²) in [5, 5.41) is 17.0. The summed E-state index contributed by atoms with van der Waals surface area (Å²) in [6.07, 6.45) is 1.37. The Morgan fingerprint density at radius 2 is 1.71 bits per heavy atom. The number of hydrogen-bond donors (Lipinski definition) is 7. The highest BCUT2D eigenvalue weighted by atomic mass is 16.4. The van der Waals surface area contributed by atoms with Gasteiger partial charge in [0.1, 0.15) is 18.6 Å². The van der Waals surface area contributed by atoms with Crippen molar-refractivity contribution in [3.63, 3.8) is 0 Å². The summed E-state index contributed by atoms with van der Waals surface area (Å²) in [4.78, 5) is 63.2. The van der Waals surface area contributed by atoms with Crippen LogP contribution in [-0.2, 0) is 30.4 Å². The Morgan fingerprint density at radius 1 is 1.03 bits per heavy atom. The van der Waals surface area contributed by atoms with Crippen molar-refractivity contribution < 1.29 is 29.1 Å². The van der Waals surface area contributed by atoms with Gasteiger partial charge in [0.05, 0.1) is 12.5 Å². The highest BCUT2D eigenvalue weighted by Crippen LogP contribution is 2.19. The number of hydrogen-bond acceptors (Lipinski definition) is 6. The molecule has 0 radical (unpaired) electrons. The van der Waals surface area contributed by atoms with E-state index in [9.17, 15) is 24.0 Å². The number of aliphatic carboxylic acids is 1. The molecular formula is C22H30N6O6. The van der Waals surface area contributed by atoms with Crippen LogP contribution in [-0.4, -0.2) is 64.4 Å². The second-order valence-electron chi connectivity index (χ2n) is 8.24. The van der Waals surface area contributed by atoms with E-state index in [2.05, 4.69) is 20.9 Å². The Balaban J connectivity index is 2.26. The standard InChI is InChI=1S/C22H30N6O6/c1-11(2)19(22(34)26-10-18(30)31)28-21(33)16(27-20(32)14(23)8-17(24)29)7-12-9-25-15-6-4-3-5-13(12)15/h3-6,9,11,14,16,19,25H,7-8,10,23H2,1-2H3,(H2,24,29)(H,26,34)(H,27,32)(H,28,33)(H,30,31). The van der Waals surface area contributed by atoms with Gasteiger partial charge in [0.15, 0.2) is 0 Å². The summed E-state index contributed by atoms with van der Waals surface area (Å²) in [5.74, 6) is -4.47. The Hall–Kier alpha value is -3.93. The molecule has 4 amide bonds. The van der Waals surface area contributed by atoms with Crippen LogP contribution in [0.2, 0.25) is 0 Å². The number of H-pyrrole nitrogens is 1. The lowest BCUT2D eigenvalue weighted by atomic mass is 10.0. The number of aromatic nitrogens is 1. The first-order chi connectivity index (χ1) is 16.0. The summed E-state index contributed by atoms with van der Waals surface area (Å²) in [6.45, 7) is 2.76. The first-order valence-corrected chi connectivity index (χ1v) is 10.7. The Morgan fingerprint density at radius 3 is 2.32 bits per heavy atom. The average Bonchev–Trinajstić information content (AvgIpc) is 3.17. The molecule has 0 fully saturated rings. The number of carboxylic acid groups (broad SMARTS) is 1. The number of nitrogens with two attached hydrogens (primary N) is 2. The molecule has 0 spiro atoms. The average molecular weight is 475 g/mol. The molecule has 1 heterocycles. The van der Waals surface area contributed by atoms with Gasteiger partial charge in [-0.15, -0.1) is 0 Å². The monoisotopic (exact) mass is 474 g/mol. The third kappa shape index (κ3) is 7.30. The van der Waals surface area contributed by atoms with Crippen LogP contribution >= 0.6 is 0 Å². The molecule has 1 aromatic carbocycles. The van der Waals surface area contributed by atoms with E-state index in [0.29, 0.717) is 0 Å². The first kappa shape index (κ1) is 26.3. The number of carbonyl (C=O) groups excluding carboxylic acids is 4. The van der Waals surface area contributed by atoms with Crippen molar-refractivity contribution in [2.24, 2.45) is 17.4 Å². The fourth-order valence-corrected chi connectivity index (χ4v) is 3.38. The maximum atomic E-state index is 13.2. The lowest BCUT2D eigenvalue weighted by Crippen LogP contribution is -2.58. The van der Waals surface area contributed by atoms with Gasteiger partial charge in [-0.05, 0) is 17.5 Å². The lowest BCUT2D eigenvalue weighted by Gasteiger charge is -2.25. The molecule has 9 N–H and O–H groups in total. The number of aromatic amines is 1. The van der Waals surface area contributed by atoms with Crippen LogP contribution in [0, 0.1) is 5.92 Å². The van der Waals surface area contributed by atoms with Gasteiger partial charge in [0, 0.05) is 23.5 Å². The maximum absolute atomic E-state index is 13.2. The normalized spacial score (nSPS) is 13.6. The van der Waals surface area contributed by atoms with Crippen molar-refractivity contribution in [1.29, 1.82) is 0 Å². The molecule has 0 saturated carbocycles. The second kappa shape index (κ2) is 11.8. The van der Waals surface area contributed by atoms with E-state index in [1.54, 1.807) is 20.0 Å². The molecule has 3 atom stereocenters. The summed E-state index contributed by atoms with van der Waals surface area (Å²) in [6, 6.07) is 3.95. The van der Waals surface area contributed by atoms with Gasteiger partial charge in [0.25, 0.3) is 0 Å². The minimum Gasteiger partial charge on any atom is -0.480 e. The molecular weight excluding hydrogens is 444 g/mol. The Labute approximate surface area is 195 Å². The van der Waals surface area contributed by atoms with Crippen molar-refractivity contribution in [2.45, 2.75) is 44.8 Å². The number of fused-ring (bicyclic) bond motifs is 1. The van der Waals surface area contributed by atoms with Crippen LogP contribution < -0.4 is 27.4 Å². The van der Waals surface area contributed by atoms with Gasteiger partial charge in [-0.3, -0.25) is 24.0 Å². The quantitative estimate of drug-likeness (QED) is 0.198. The Kier molecular flexibility index (Phi) is 9.13. The smallest absolute Gasteiger partial charge is 0.322 e. The summed E-state index contributed by atoms with van der Waals surface area (Å²) >= 11 is 0. The van der Waals surface area contributed by atoms with Gasteiger partial charge in [-0.25, -0.2) is 0 Å². The molecule has 184 valence electrons. The van der Waals surface area contributed by atoms with Gasteiger partial charge >= 0.3 is 5.97 Å². The van der Waals surface area contributed by atoms with Gasteiger partial charge in [-0.1, -0.05) is 32.0 Å². The number of rotatable bonds is 12. The van der Waals surface area contributed by atoms with E-state index in [1.807, 2.05) is 24.3 Å². The molecule has 0 aliphatic rings. The maximum Gasteiger partial charge on any atom is 0.322 e. The molecule has 2 aromatic rings. The predicted octanol–water partition coefficient (Wildman–Crippen LogP) is -1.26. The van der Waals surface area contributed by atoms with Crippen LogP contribution in [0.25, 0.3) is 10.9 Å². The number of carboxylic acids is 1. The fourth-order valence-electron chi connectivity index (χ4n) is 3.38. The molecule has 0 saturated heterocycles. The van der Waals surface area contributed by atoms with E-state index < -0.39 is 60.7 Å². The van der Waals surface area contributed by atoms with Crippen LogP contribution in [0.5, 0.6) is 0 Å². The van der Waals surface area contributed by atoms with Crippen molar-refractivity contribution in [2.75, 3.05) is 6.54 Å². The summed E-state index contributed by atoms with van der Waals surface area (Å²) in [5.41, 5.74) is 12.4. The van der Waals surface area contributed by atoms with Crippen molar-refractivity contribution >= 4 is 40.5 Å². The predicted molar refractivity (Wildman–Crippen MR) is 123 cm³/mol. The molecule has 12 nitrogen and oxygen atoms in total. The number of carbonyl (C=O) groups is 5. The van der Waals surface area contributed by atoms with E-state index in [4.69, 9.17) is 16.6 Å². The van der Waals surface area contributed by atoms with Crippen LogP contribution in [0.1, 0.15) is 25.8 Å². The summed E-state index contributed by atoms with van der Waals surface area (Å²) in [7, 11) is 0. The van der Waals surface area contributed by atoms with Crippen molar-refractivity contribution in [3.05, 3.63) is 36.0 Å². The topological polar surface area (TPSA) is 209 Å². The first-order valence-electron chi connectivity index (χ1n) is 10.7. The van der Waals surface area contributed by atoms with E-state index >= 15 is 0 Å². The minimum absolute atomic E-state index is 0.0619. The molecule has 2 rings (SSSR count). The van der Waals surface area contributed by atoms with Crippen LogP contribution in [0.4, 0.5) is 0 Å². The Bertz CT molecular complexity index is 1070. The number of benzene rings is 1. The SMILES string of the molecule is CC(C)C(NC(=O)C(Cc1c[nH]c2ccccc12)NC(=O)C(N)CC(N)=O)C(=O)NCC(=O)O. The van der Waals surface area contributed by atoms with Gasteiger partial charge < -0.3 is 37.5 Å². The van der Waals surface area contributed by atoms with E-state index in [1.165, 1.54) is 0 Å². The fraction of sp³-hybridized carbons (Fsp3) is 0.409. The summed E-state index contributed by atoms with van der Waals surface area (Å²) < 4.78 is 0. The van der Waals surface area contributed by atoms with Crippen LogP contribution in [0.15, 0.2) is 30.5 Å². The zero-order chi connectivity index (χ0) is 25.4. The molecule has 0 aliphatic carbocycles. The van der Waals surface area contributed by atoms with E-state index in [-0.39, 0.29) is 12.3 Å².